The maximum absolute atomic E-state index is 11.0. The van der Waals surface area contributed by atoms with E-state index in [0.717, 1.165) is 10.0 Å². The second-order valence-electron chi connectivity index (χ2n) is 3.57. The molecule has 5 nitrogen and oxygen atoms in total. The zero-order valence-corrected chi connectivity index (χ0v) is 11.0. The number of nitrogens with zero attached hydrogens (tertiary/aromatic N) is 2. The number of hydrogen-bond acceptors (Lipinski definition) is 4. The molecule has 1 heterocycles. The normalized spacial score (nSPS) is 10.1. The third-order valence-electron chi connectivity index (χ3n) is 2.26. The Bertz CT molecular complexity index is 602. The molecule has 92 valence electrons. The minimum atomic E-state index is -1.10. The average Bonchev–Trinajstić information content (AvgIpc) is 2.33. The van der Waals surface area contributed by atoms with Gasteiger partial charge in [-0.3, -0.25) is 0 Å². The molecule has 18 heavy (non-hydrogen) atoms. The predicted octanol–water partition coefficient (Wildman–Crippen LogP) is 3.04. The summed E-state index contributed by atoms with van der Waals surface area (Å²) in [6, 6.07) is 6.75. The number of halogens is 1. The summed E-state index contributed by atoms with van der Waals surface area (Å²) in [5, 5.41) is 16.3. The summed E-state index contributed by atoms with van der Waals surface area (Å²) in [6.45, 7) is 1.86. The van der Waals surface area contributed by atoms with E-state index in [-0.39, 0.29) is 11.4 Å². The van der Waals surface area contributed by atoms with Crippen LogP contribution in [0.2, 0.25) is 0 Å². The first-order chi connectivity index (χ1) is 8.58. The van der Waals surface area contributed by atoms with Gasteiger partial charge in [-0.05, 0) is 36.8 Å². The number of aromatic nitrogens is 2. The van der Waals surface area contributed by atoms with Crippen LogP contribution < -0.4 is 4.74 Å². The number of aryl methyl sites for hydroxylation is 1. The Hall–Kier alpha value is -1.95. The molecule has 0 fully saturated rings. The third-order valence-corrected chi connectivity index (χ3v) is 2.75. The van der Waals surface area contributed by atoms with E-state index in [0.29, 0.717) is 5.75 Å². The number of aromatic carboxylic acids is 1. The first-order valence-corrected chi connectivity index (χ1v) is 5.86. The molecule has 0 spiro atoms. The Morgan fingerprint density at radius 3 is 2.83 bits per heavy atom. The van der Waals surface area contributed by atoms with Crippen molar-refractivity contribution in [3.8, 4) is 11.6 Å². The second-order valence-corrected chi connectivity index (χ2v) is 4.48. The van der Waals surface area contributed by atoms with E-state index in [4.69, 9.17) is 9.84 Å². The van der Waals surface area contributed by atoms with Crippen molar-refractivity contribution in [3.63, 3.8) is 0 Å². The molecule has 0 aliphatic rings. The lowest BCUT2D eigenvalue weighted by molar-refractivity contribution is 0.0693. The van der Waals surface area contributed by atoms with E-state index in [2.05, 4.69) is 26.1 Å². The molecule has 1 aromatic carbocycles. The van der Waals surface area contributed by atoms with Crippen LogP contribution in [0.15, 0.2) is 34.9 Å². The first kappa shape index (κ1) is 12.5. The van der Waals surface area contributed by atoms with Crippen molar-refractivity contribution in [1.82, 2.24) is 10.2 Å². The number of carboxylic acid groups (broad SMARTS) is 1. The molecule has 0 atom stereocenters. The average molecular weight is 309 g/mol. The van der Waals surface area contributed by atoms with Crippen LogP contribution in [0.25, 0.3) is 0 Å². The second kappa shape index (κ2) is 5.14. The Labute approximate surface area is 112 Å². The van der Waals surface area contributed by atoms with E-state index in [9.17, 15) is 4.79 Å². The molecule has 1 N–H and O–H groups in total. The van der Waals surface area contributed by atoms with Gasteiger partial charge in [-0.25, -0.2) is 4.79 Å². The molecule has 2 aromatic rings. The molecule has 0 aliphatic carbocycles. The van der Waals surface area contributed by atoms with E-state index in [1.165, 1.54) is 12.3 Å². The van der Waals surface area contributed by atoms with Gasteiger partial charge in [0.2, 0.25) is 0 Å². The van der Waals surface area contributed by atoms with Gasteiger partial charge in [0.1, 0.15) is 11.3 Å². The molecule has 2 rings (SSSR count). The molecule has 0 unspecified atom stereocenters. The zero-order chi connectivity index (χ0) is 13.1. The highest BCUT2D eigenvalue weighted by molar-refractivity contribution is 9.10. The molecule has 0 saturated heterocycles. The summed E-state index contributed by atoms with van der Waals surface area (Å²) in [5.41, 5.74) is 0.846. The van der Waals surface area contributed by atoms with Crippen LogP contribution in [-0.4, -0.2) is 21.3 Å². The highest BCUT2D eigenvalue weighted by Crippen LogP contribution is 2.27. The van der Waals surface area contributed by atoms with Crippen LogP contribution in [0.3, 0.4) is 0 Å². The molecule has 0 radical (unpaired) electrons. The molecule has 1 aromatic heterocycles. The molecule has 6 heteroatoms. The van der Waals surface area contributed by atoms with Crippen LogP contribution >= 0.6 is 15.9 Å². The molecule has 0 saturated carbocycles. The fourth-order valence-electron chi connectivity index (χ4n) is 1.39. The van der Waals surface area contributed by atoms with Gasteiger partial charge >= 0.3 is 5.97 Å². The van der Waals surface area contributed by atoms with E-state index < -0.39 is 5.97 Å². The van der Waals surface area contributed by atoms with Gasteiger partial charge in [0, 0.05) is 4.47 Å². The van der Waals surface area contributed by atoms with Crippen molar-refractivity contribution < 1.29 is 14.6 Å². The van der Waals surface area contributed by atoms with Gasteiger partial charge in [0.25, 0.3) is 5.88 Å². The number of hydrogen-bond donors (Lipinski definition) is 1. The Kier molecular flexibility index (Phi) is 3.57. The first-order valence-electron chi connectivity index (χ1n) is 5.07. The fraction of sp³-hybridized carbons (Fsp3) is 0.0833. The van der Waals surface area contributed by atoms with Crippen LogP contribution in [0.5, 0.6) is 11.6 Å². The summed E-state index contributed by atoms with van der Waals surface area (Å²) in [6.07, 6.45) is 1.31. The molecule has 0 amide bonds. The van der Waals surface area contributed by atoms with Crippen molar-refractivity contribution in [3.05, 3.63) is 46.1 Å². The SMILES string of the molecule is Cc1cc(Br)ccc1Oc1nnccc1C(=O)O. The van der Waals surface area contributed by atoms with Gasteiger partial charge in [-0.2, -0.15) is 5.10 Å². The predicted molar refractivity (Wildman–Crippen MR) is 67.9 cm³/mol. The maximum Gasteiger partial charge on any atom is 0.341 e. The van der Waals surface area contributed by atoms with Crippen LogP contribution in [-0.2, 0) is 0 Å². The van der Waals surface area contributed by atoms with Crippen molar-refractivity contribution >= 4 is 21.9 Å². The number of carbonyl (C=O) groups is 1. The molecule has 0 aliphatic heterocycles. The van der Waals surface area contributed by atoms with Crippen molar-refractivity contribution in [1.29, 1.82) is 0 Å². The van der Waals surface area contributed by atoms with E-state index >= 15 is 0 Å². The lowest BCUT2D eigenvalue weighted by Crippen LogP contribution is -2.03. The maximum atomic E-state index is 11.0. The minimum absolute atomic E-state index is 0.0181. The summed E-state index contributed by atoms with van der Waals surface area (Å²) >= 11 is 3.34. The quantitative estimate of drug-likeness (QED) is 0.943. The highest BCUT2D eigenvalue weighted by Gasteiger charge is 2.14. The van der Waals surface area contributed by atoms with Crippen molar-refractivity contribution in [2.75, 3.05) is 0 Å². The van der Waals surface area contributed by atoms with Crippen molar-refractivity contribution in [2.45, 2.75) is 6.92 Å². The van der Waals surface area contributed by atoms with Gasteiger partial charge in [-0.15, -0.1) is 5.10 Å². The Morgan fingerprint density at radius 1 is 1.39 bits per heavy atom. The topological polar surface area (TPSA) is 72.3 Å². The fourth-order valence-corrected chi connectivity index (χ4v) is 1.86. The third kappa shape index (κ3) is 2.65. The van der Waals surface area contributed by atoms with Gasteiger partial charge in [-0.1, -0.05) is 15.9 Å². The number of ether oxygens (including phenoxy) is 1. The summed E-state index contributed by atoms with van der Waals surface area (Å²) in [5.74, 6) is -0.578. The lowest BCUT2D eigenvalue weighted by atomic mass is 10.2. The summed E-state index contributed by atoms with van der Waals surface area (Å²) in [4.78, 5) is 11.0. The number of benzene rings is 1. The standard InChI is InChI=1S/C12H9BrN2O3/c1-7-6-8(13)2-3-10(7)18-11-9(12(16)17)4-5-14-15-11/h2-6H,1H3,(H,16,17). The Balaban J connectivity index is 2.37. The summed E-state index contributed by atoms with van der Waals surface area (Å²) < 4.78 is 6.40. The van der Waals surface area contributed by atoms with E-state index in [1.807, 2.05) is 13.0 Å². The van der Waals surface area contributed by atoms with Crippen LogP contribution in [0.1, 0.15) is 15.9 Å². The number of rotatable bonds is 3. The largest absolute Gasteiger partial charge is 0.477 e. The van der Waals surface area contributed by atoms with Crippen LogP contribution in [0.4, 0.5) is 0 Å². The van der Waals surface area contributed by atoms with Gasteiger partial charge in [0.15, 0.2) is 0 Å². The molecule has 0 bridgehead atoms. The van der Waals surface area contributed by atoms with Gasteiger partial charge < -0.3 is 9.84 Å². The smallest absolute Gasteiger partial charge is 0.341 e. The highest BCUT2D eigenvalue weighted by atomic mass is 79.9. The lowest BCUT2D eigenvalue weighted by Gasteiger charge is -2.09. The minimum Gasteiger partial charge on any atom is -0.477 e. The van der Waals surface area contributed by atoms with Crippen molar-refractivity contribution in [2.24, 2.45) is 0 Å². The zero-order valence-electron chi connectivity index (χ0n) is 9.42. The summed E-state index contributed by atoms with van der Waals surface area (Å²) in [7, 11) is 0. The van der Waals surface area contributed by atoms with E-state index in [1.54, 1.807) is 12.1 Å². The van der Waals surface area contributed by atoms with Gasteiger partial charge in [0.05, 0.1) is 6.20 Å². The molecular formula is C12H9BrN2O3. The van der Waals surface area contributed by atoms with Crippen LogP contribution in [0, 0.1) is 6.92 Å². The number of carboxylic acids is 1. The monoisotopic (exact) mass is 308 g/mol. The Morgan fingerprint density at radius 2 is 2.17 bits per heavy atom. The molecular weight excluding hydrogens is 300 g/mol.